The highest BCUT2D eigenvalue weighted by atomic mass is 16.5. The molecule has 0 aliphatic heterocycles. The molecule has 0 aliphatic carbocycles. The maximum atomic E-state index is 11.9. The van der Waals surface area contributed by atoms with E-state index < -0.39 is 11.5 Å². The Bertz CT molecular complexity index is 457. The molecule has 1 atom stereocenters. The van der Waals surface area contributed by atoms with Crippen LogP contribution in [0.3, 0.4) is 0 Å². The van der Waals surface area contributed by atoms with Crippen molar-refractivity contribution in [1.82, 2.24) is 0 Å². The Labute approximate surface area is 120 Å². The molecular formula is C15H23NO4. The maximum Gasteiger partial charge on any atom is 0.330 e. The van der Waals surface area contributed by atoms with Crippen LogP contribution in [0.1, 0.15) is 33.3 Å². The molecule has 0 radical (unpaired) electrons. The minimum atomic E-state index is -1.22. The van der Waals surface area contributed by atoms with Crippen LogP contribution in [0.5, 0.6) is 11.5 Å². The second-order valence-corrected chi connectivity index (χ2v) is 4.45. The van der Waals surface area contributed by atoms with E-state index in [0.29, 0.717) is 36.9 Å². The Balaban J connectivity index is 3.12. The highest BCUT2D eigenvalue weighted by Gasteiger charge is 2.33. The molecule has 0 saturated carbocycles. The fourth-order valence-electron chi connectivity index (χ4n) is 1.77. The van der Waals surface area contributed by atoms with Gasteiger partial charge >= 0.3 is 5.97 Å². The van der Waals surface area contributed by atoms with Crippen LogP contribution in [-0.4, -0.2) is 25.8 Å². The van der Waals surface area contributed by atoms with Gasteiger partial charge in [0.2, 0.25) is 0 Å². The molecule has 20 heavy (non-hydrogen) atoms. The van der Waals surface area contributed by atoms with Crippen molar-refractivity contribution >= 4 is 5.97 Å². The van der Waals surface area contributed by atoms with Crippen LogP contribution in [0.2, 0.25) is 0 Å². The highest BCUT2D eigenvalue weighted by molar-refractivity contribution is 5.82. The number of esters is 1. The highest BCUT2D eigenvalue weighted by Crippen LogP contribution is 2.32. The maximum absolute atomic E-state index is 11.9. The lowest BCUT2D eigenvalue weighted by Crippen LogP contribution is -2.43. The Hall–Kier alpha value is -1.75. The number of hydrogen-bond acceptors (Lipinski definition) is 5. The van der Waals surface area contributed by atoms with Gasteiger partial charge in [-0.3, -0.25) is 0 Å². The van der Waals surface area contributed by atoms with E-state index in [1.165, 1.54) is 0 Å². The average molecular weight is 281 g/mol. The number of carbonyl (C=O) groups is 1. The molecule has 2 N–H and O–H groups in total. The fourth-order valence-corrected chi connectivity index (χ4v) is 1.77. The van der Waals surface area contributed by atoms with E-state index in [2.05, 4.69) is 0 Å². The standard InChI is InChI=1S/C15H23NO4/c1-5-18-12-9-8-11(10-13(12)19-6-2)15(4,16)14(17)20-7-3/h8-10H,5-7,16H2,1-4H3. The molecule has 1 rings (SSSR count). The number of carbonyl (C=O) groups excluding carboxylic acids is 1. The average Bonchev–Trinajstić information content (AvgIpc) is 2.41. The van der Waals surface area contributed by atoms with Crippen molar-refractivity contribution in [3.63, 3.8) is 0 Å². The lowest BCUT2D eigenvalue weighted by molar-refractivity contribution is -0.149. The van der Waals surface area contributed by atoms with Crippen molar-refractivity contribution in [3.8, 4) is 11.5 Å². The molecule has 0 fully saturated rings. The number of hydrogen-bond donors (Lipinski definition) is 1. The molecule has 5 heteroatoms. The molecule has 0 saturated heterocycles. The monoisotopic (exact) mass is 281 g/mol. The molecule has 0 heterocycles. The zero-order valence-corrected chi connectivity index (χ0v) is 12.6. The summed E-state index contributed by atoms with van der Waals surface area (Å²) in [6.07, 6.45) is 0. The Morgan fingerprint density at radius 3 is 2.25 bits per heavy atom. The molecule has 112 valence electrons. The van der Waals surface area contributed by atoms with Crippen LogP contribution in [0.15, 0.2) is 18.2 Å². The van der Waals surface area contributed by atoms with Gasteiger partial charge in [-0.25, -0.2) is 4.79 Å². The van der Waals surface area contributed by atoms with E-state index in [-0.39, 0.29) is 0 Å². The van der Waals surface area contributed by atoms with Gasteiger partial charge in [0.1, 0.15) is 5.54 Å². The van der Waals surface area contributed by atoms with E-state index in [1.54, 1.807) is 32.0 Å². The zero-order chi connectivity index (χ0) is 15.2. The van der Waals surface area contributed by atoms with Gasteiger partial charge in [-0.2, -0.15) is 0 Å². The summed E-state index contributed by atoms with van der Waals surface area (Å²) in [5.74, 6) is 0.747. The summed E-state index contributed by atoms with van der Waals surface area (Å²) < 4.78 is 16.0. The third-order valence-corrected chi connectivity index (χ3v) is 2.84. The quantitative estimate of drug-likeness (QED) is 0.776. The number of benzene rings is 1. The van der Waals surface area contributed by atoms with E-state index in [1.807, 2.05) is 13.8 Å². The minimum absolute atomic E-state index is 0.293. The van der Waals surface area contributed by atoms with Gasteiger partial charge in [0, 0.05) is 0 Å². The summed E-state index contributed by atoms with van der Waals surface area (Å²) >= 11 is 0. The predicted octanol–water partition coefficient (Wildman–Crippen LogP) is 2.22. The molecule has 0 spiro atoms. The van der Waals surface area contributed by atoms with E-state index in [9.17, 15) is 4.79 Å². The van der Waals surface area contributed by atoms with Gasteiger partial charge < -0.3 is 19.9 Å². The van der Waals surface area contributed by atoms with Gasteiger partial charge in [0.15, 0.2) is 11.5 Å². The van der Waals surface area contributed by atoms with Crippen LogP contribution >= 0.6 is 0 Å². The summed E-state index contributed by atoms with van der Waals surface area (Å²) in [6.45, 7) is 8.49. The van der Waals surface area contributed by atoms with Crippen molar-refractivity contribution in [3.05, 3.63) is 23.8 Å². The molecule has 5 nitrogen and oxygen atoms in total. The first-order valence-electron chi connectivity index (χ1n) is 6.83. The summed E-state index contributed by atoms with van der Waals surface area (Å²) in [4.78, 5) is 11.9. The summed E-state index contributed by atoms with van der Waals surface area (Å²) in [7, 11) is 0. The number of ether oxygens (including phenoxy) is 3. The van der Waals surface area contributed by atoms with Crippen LogP contribution in [0.4, 0.5) is 0 Å². The van der Waals surface area contributed by atoms with Crippen LogP contribution in [0, 0.1) is 0 Å². The first-order valence-corrected chi connectivity index (χ1v) is 6.83. The third kappa shape index (κ3) is 3.63. The second-order valence-electron chi connectivity index (χ2n) is 4.45. The fraction of sp³-hybridized carbons (Fsp3) is 0.533. The minimum Gasteiger partial charge on any atom is -0.490 e. The van der Waals surface area contributed by atoms with Crippen LogP contribution in [-0.2, 0) is 15.1 Å². The van der Waals surface area contributed by atoms with Gasteiger partial charge in [0.05, 0.1) is 19.8 Å². The first kappa shape index (κ1) is 16.3. The molecule has 0 bridgehead atoms. The molecule has 0 aromatic heterocycles. The van der Waals surface area contributed by atoms with Crippen molar-refractivity contribution in [2.24, 2.45) is 5.73 Å². The topological polar surface area (TPSA) is 70.8 Å². The smallest absolute Gasteiger partial charge is 0.330 e. The number of nitrogens with two attached hydrogens (primary N) is 1. The van der Waals surface area contributed by atoms with Crippen molar-refractivity contribution in [1.29, 1.82) is 0 Å². The summed E-state index contributed by atoms with van der Waals surface area (Å²) in [6, 6.07) is 5.24. The van der Waals surface area contributed by atoms with Crippen molar-refractivity contribution in [2.75, 3.05) is 19.8 Å². The van der Waals surface area contributed by atoms with Gasteiger partial charge in [-0.15, -0.1) is 0 Å². The lowest BCUT2D eigenvalue weighted by atomic mass is 9.93. The molecule has 1 aromatic carbocycles. The normalized spacial score (nSPS) is 13.4. The molecular weight excluding hydrogens is 258 g/mol. The second kappa shape index (κ2) is 7.14. The molecule has 1 unspecified atom stereocenters. The Morgan fingerprint density at radius 1 is 1.10 bits per heavy atom. The lowest BCUT2D eigenvalue weighted by Gasteiger charge is -2.24. The van der Waals surface area contributed by atoms with Crippen LogP contribution in [0.25, 0.3) is 0 Å². The molecule has 1 aromatic rings. The van der Waals surface area contributed by atoms with E-state index in [4.69, 9.17) is 19.9 Å². The van der Waals surface area contributed by atoms with Gasteiger partial charge in [-0.1, -0.05) is 6.07 Å². The third-order valence-electron chi connectivity index (χ3n) is 2.84. The van der Waals surface area contributed by atoms with E-state index in [0.717, 1.165) is 0 Å². The predicted molar refractivity (Wildman–Crippen MR) is 77.0 cm³/mol. The van der Waals surface area contributed by atoms with E-state index >= 15 is 0 Å². The molecule has 0 amide bonds. The Kier molecular flexibility index (Phi) is 5.82. The molecule has 0 aliphatic rings. The first-order chi connectivity index (χ1) is 9.47. The number of rotatable bonds is 7. The van der Waals surface area contributed by atoms with Crippen LogP contribution < -0.4 is 15.2 Å². The zero-order valence-electron chi connectivity index (χ0n) is 12.6. The largest absolute Gasteiger partial charge is 0.490 e. The Morgan fingerprint density at radius 2 is 1.70 bits per heavy atom. The van der Waals surface area contributed by atoms with Gasteiger partial charge in [0.25, 0.3) is 0 Å². The summed E-state index contributed by atoms with van der Waals surface area (Å²) in [5.41, 5.74) is 5.50. The summed E-state index contributed by atoms with van der Waals surface area (Å²) in [5, 5.41) is 0. The van der Waals surface area contributed by atoms with Gasteiger partial charge in [-0.05, 0) is 45.4 Å². The van der Waals surface area contributed by atoms with Crippen molar-refractivity contribution in [2.45, 2.75) is 33.2 Å². The SMILES string of the molecule is CCOC(=O)C(C)(N)c1ccc(OCC)c(OCC)c1. The van der Waals surface area contributed by atoms with Crippen molar-refractivity contribution < 1.29 is 19.0 Å².